The molecule has 14 heavy (non-hydrogen) atoms. The second-order valence-electron chi connectivity index (χ2n) is 5.46. The van der Waals surface area contributed by atoms with Gasteiger partial charge in [0.25, 0.3) is 0 Å². The van der Waals surface area contributed by atoms with Crippen LogP contribution in [0.4, 0.5) is 0 Å². The largest absolute Gasteiger partial charge is 0.310 e. The molecule has 78 valence electrons. The summed E-state index contributed by atoms with van der Waals surface area (Å²) < 4.78 is 0. The number of hydrogen-bond donors (Lipinski definition) is 1. The minimum atomic E-state index is 0.779. The Bertz CT molecular complexity index is 234. The molecule has 0 heterocycles. The number of hydrogen-bond acceptors (Lipinski definition) is 1. The van der Waals surface area contributed by atoms with E-state index in [4.69, 9.17) is 0 Å². The van der Waals surface area contributed by atoms with Gasteiger partial charge in [0.05, 0.1) is 0 Å². The molecule has 2 atom stereocenters. The first-order chi connectivity index (χ1) is 6.89. The third-order valence-corrected chi connectivity index (χ3v) is 4.73. The molecule has 0 aromatic heterocycles. The predicted octanol–water partition coefficient (Wildman–Crippen LogP) is 3.02. The first-order valence-corrected chi connectivity index (χ1v) is 6.30. The Hall–Kier alpha value is -0.300. The normalized spacial score (nSPS) is 39.1. The van der Waals surface area contributed by atoms with E-state index in [0.29, 0.717) is 0 Å². The average molecular weight is 191 g/mol. The smallest absolute Gasteiger partial charge is 0.0126 e. The maximum atomic E-state index is 3.90. The molecule has 3 rings (SSSR count). The average Bonchev–Trinajstić information content (AvgIpc) is 2.12. The summed E-state index contributed by atoms with van der Waals surface area (Å²) in [4.78, 5) is 0. The van der Waals surface area contributed by atoms with Crippen molar-refractivity contribution in [2.75, 3.05) is 0 Å². The van der Waals surface area contributed by atoms with Gasteiger partial charge in [-0.15, -0.1) is 0 Å². The van der Waals surface area contributed by atoms with Gasteiger partial charge in [-0.05, 0) is 50.4 Å². The Morgan fingerprint density at radius 3 is 2.50 bits per heavy atom. The Kier molecular flexibility index (Phi) is 2.16. The summed E-state index contributed by atoms with van der Waals surface area (Å²) in [6.07, 6.45) is 16.1. The Morgan fingerprint density at radius 2 is 2.00 bits per heavy atom. The minimum absolute atomic E-state index is 0.779. The topological polar surface area (TPSA) is 12.0 Å². The first-order valence-electron chi connectivity index (χ1n) is 6.30. The molecule has 0 radical (unpaired) electrons. The third-order valence-electron chi connectivity index (χ3n) is 4.73. The van der Waals surface area contributed by atoms with Gasteiger partial charge in [0.2, 0.25) is 0 Å². The summed E-state index contributed by atoms with van der Waals surface area (Å²) in [5.74, 6) is 0. The van der Waals surface area contributed by atoms with E-state index in [1.54, 1.807) is 0 Å². The van der Waals surface area contributed by atoms with Gasteiger partial charge in [0, 0.05) is 12.1 Å². The lowest BCUT2D eigenvalue weighted by molar-refractivity contribution is -0.0232. The van der Waals surface area contributed by atoms with Gasteiger partial charge in [-0.1, -0.05) is 18.6 Å². The van der Waals surface area contributed by atoms with Crippen molar-refractivity contribution in [1.29, 1.82) is 0 Å². The molecule has 0 aliphatic heterocycles. The van der Waals surface area contributed by atoms with Crippen molar-refractivity contribution in [3.63, 3.8) is 0 Å². The second kappa shape index (κ2) is 3.37. The molecule has 1 heteroatoms. The van der Waals surface area contributed by atoms with Crippen molar-refractivity contribution in [2.45, 2.75) is 63.5 Å². The minimum Gasteiger partial charge on any atom is -0.310 e. The summed E-state index contributed by atoms with van der Waals surface area (Å²) in [7, 11) is 0. The molecule has 1 N–H and O–H groups in total. The molecule has 3 aliphatic rings. The van der Waals surface area contributed by atoms with Gasteiger partial charge in [0.1, 0.15) is 0 Å². The maximum absolute atomic E-state index is 3.90. The van der Waals surface area contributed by atoms with Gasteiger partial charge in [-0.25, -0.2) is 0 Å². The van der Waals surface area contributed by atoms with Crippen molar-refractivity contribution in [3.8, 4) is 0 Å². The molecular formula is C13H21N. The van der Waals surface area contributed by atoms with E-state index in [1.165, 1.54) is 51.4 Å². The van der Waals surface area contributed by atoms with Gasteiger partial charge in [-0.2, -0.15) is 0 Å². The van der Waals surface area contributed by atoms with Crippen LogP contribution >= 0.6 is 0 Å². The fourth-order valence-corrected chi connectivity index (χ4v) is 3.42. The zero-order valence-corrected chi connectivity index (χ0v) is 8.97. The first kappa shape index (κ1) is 8.96. The summed E-state index contributed by atoms with van der Waals surface area (Å²) in [5, 5.41) is 3.90. The quantitative estimate of drug-likeness (QED) is 0.662. The van der Waals surface area contributed by atoms with Crippen LogP contribution in [-0.4, -0.2) is 12.1 Å². The van der Waals surface area contributed by atoms with Crippen LogP contribution in [0.15, 0.2) is 12.2 Å². The van der Waals surface area contributed by atoms with Gasteiger partial charge < -0.3 is 5.32 Å². The Morgan fingerprint density at radius 1 is 1.07 bits per heavy atom. The SMILES string of the molecule is C1=CCC(NC2CCC23CCC3)CC1. The molecule has 2 fully saturated rings. The van der Waals surface area contributed by atoms with Crippen LogP contribution in [-0.2, 0) is 0 Å². The number of rotatable bonds is 2. The van der Waals surface area contributed by atoms with E-state index in [-0.39, 0.29) is 0 Å². The molecule has 0 aromatic carbocycles. The Labute approximate surface area is 87.0 Å². The van der Waals surface area contributed by atoms with E-state index < -0.39 is 0 Å². The highest BCUT2D eigenvalue weighted by molar-refractivity contribution is 5.07. The summed E-state index contributed by atoms with van der Waals surface area (Å²) in [5.41, 5.74) is 0.779. The molecule has 1 spiro atoms. The van der Waals surface area contributed by atoms with Crippen LogP contribution < -0.4 is 5.32 Å². The van der Waals surface area contributed by atoms with Crippen LogP contribution in [0, 0.1) is 5.41 Å². The van der Waals surface area contributed by atoms with Crippen molar-refractivity contribution in [2.24, 2.45) is 5.41 Å². The number of nitrogens with one attached hydrogen (secondary N) is 1. The number of allylic oxidation sites excluding steroid dienone is 1. The second-order valence-corrected chi connectivity index (χ2v) is 5.46. The van der Waals surface area contributed by atoms with E-state index in [9.17, 15) is 0 Å². The van der Waals surface area contributed by atoms with Crippen molar-refractivity contribution in [3.05, 3.63) is 12.2 Å². The maximum Gasteiger partial charge on any atom is 0.0126 e. The third kappa shape index (κ3) is 1.33. The van der Waals surface area contributed by atoms with Crippen LogP contribution in [0.25, 0.3) is 0 Å². The summed E-state index contributed by atoms with van der Waals surface area (Å²) in [6, 6.07) is 1.68. The van der Waals surface area contributed by atoms with Crippen LogP contribution in [0.2, 0.25) is 0 Å². The molecule has 0 bridgehead atoms. The molecule has 0 amide bonds. The molecule has 2 unspecified atom stereocenters. The predicted molar refractivity (Wildman–Crippen MR) is 59.2 cm³/mol. The molecule has 0 saturated heterocycles. The zero-order chi connectivity index (χ0) is 9.43. The lowest BCUT2D eigenvalue weighted by atomic mass is 9.53. The van der Waals surface area contributed by atoms with Crippen molar-refractivity contribution >= 4 is 0 Å². The van der Waals surface area contributed by atoms with Crippen LogP contribution in [0.5, 0.6) is 0 Å². The fraction of sp³-hybridized carbons (Fsp3) is 0.846. The van der Waals surface area contributed by atoms with Crippen LogP contribution in [0.1, 0.15) is 51.4 Å². The van der Waals surface area contributed by atoms with Crippen LogP contribution in [0.3, 0.4) is 0 Å². The van der Waals surface area contributed by atoms with Gasteiger partial charge in [-0.3, -0.25) is 0 Å². The lowest BCUT2D eigenvalue weighted by Gasteiger charge is -2.57. The highest BCUT2D eigenvalue weighted by atomic mass is 15.0. The molecule has 3 aliphatic carbocycles. The molecule has 0 aromatic rings. The summed E-state index contributed by atoms with van der Waals surface area (Å²) >= 11 is 0. The van der Waals surface area contributed by atoms with Gasteiger partial charge in [0.15, 0.2) is 0 Å². The van der Waals surface area contributed by atoms with E-state index in [0.717, 1.165) is 17.5 Å². The van der Waals surface area contributed by atoms with E-state index >= 15 is 0 Å². The lowest BCUT2D eigenvalue weighted by Crippen LogP contribution is -2.59. The highest BCUT2D eigenvalue weighted by Gasteiger charge is 2.50. The molecular weight excluding hydrogens is 170 g/mol. The monoisotopic (exact) mass is 191 g/mol. The highest BCUT2D eigenvalue weighted by Crippen LogP contribution is 2.56. The fourth-order valence-electron chi connectivity index (χ4n) is 3.42. The standard InChI is InChI=1S/C13H21N/c1-2-5-11(6-3-1)14-12-7-10-13(12)8-4-9-13/h1-2,11-12,14H,3-10H2. The van der Waals surface area contributed by atoms with Crippen molar-refractivity contribution in [1.82, 2.24) is 5.32 Å². The Balaban J connectivity index is 1.54. The molecule has 1 nitrogen and oxygen atoms in total. The zero-order valence-electron chi connectivity index (χ0n) is 8.97. The summed E-state index contributed by atoms with van der Waals surface area (Å²) in [6.45, 7) is 0. The van der Waals surface area contributed by atoms with Crippen molar-refractivity contribution < 1.29 is 0 Å². The molecule has 2 saturated carbocycles. The van der Waals surface area contributed by atoms with Gasteiger partial charge >= 0.3 is 0 Å². The van der Waals surface area contributed by atoms with E-state index in [1.807, 2.05) is 0 Å². The van der Waals surface area contributed by atoms with E-state index in [2.05, 4.69) is 17.5 Å².